The van der Waals surface area contributed by atoms with Gasteiger partial charge in [0.15, 0.2) is 11.2 Å². The molecule has 1 atom stereocenters. The van der Waals surface area contributed by atoms with E-state index < -0.39 is 29.3 Å². The molecule has 9 heteroatoms. The quantitative estimate of drug-likeness (QED) is 0.508. The van der Waals surface area contributed by atoms with E-state index >= 15 is 0 Å². The summed E-state index contributed by atoms with van der Waals surface area (Å²) in [5, 5.41) is -0.163. The van der Waals surface area contributed by atoms with Crippen molar-refractivity contribution in [2.24, 2.45) is 5.73 Å². The van der Waals surface area contributed by atoms with Crippen molar-refractivity contribution in [2.45, 2.75) is 38.6 Å². The number of benzene rings is 2. The summed E-state index contributed by atoms with van der Waals surface area (Å²) in [6.45, 7) is 4.79. The van der Waals surface area contributed by atoms with E-state index in [1.807, 2.05) is 0 Å². The molecule has 0 fully saturated rings. The third kappa shape index (κ3) is 6.12. The highest BCUT2D eigenvalue weighted by Gasteiger charge is 2.35. The first kappa shape index (κ1) is 24.0. The van der Waals surface area contributed by atoms with Gasteiger partial charge in [0.05, 0.1) is 5.56 Å². The lowest BCUT2D eigenvalue weighted by molar-refractivity contribution is -0.138. The maximum atomic E-state index is 12.7. The molecular weight excluding hydrogens is 429 g/mol. The molecule has 31 heavy (non-hydrogen) atoms. The van der Waals surface area contributed by atoms with Crippen LogP contribution in [0.25, 0.3) is 0 Å². The number of nitrogens with two attached hydrogens (primary N) is 1. The maximum absolute atomic E-state index is 12.7. The third-order valence-corrected chi connectivity index (χ3v) is 4.44. The molecule has 0 aromatic heterocycles. The van der Waals surface area contributed by atoms with Crippen molar-refractivity contribution in [3.8, 4) is 29.6 Å². The molecule has 1 amide bonds. The summed E-state index contributed by atoms with van der Waals surface area (Å²) < 4.78 is 49.1. The molecule has 2 rings (SSSR count). The van der Waals surface area contributed by atoms with Crippen LogP contribution in [0.2, 0.25) is 0 Å². The van der Waals surface area contributed by atoms with E-state index in [4.69, 9.17) is 33.8 Å². The van der Waals surface area contributed by atoms with Crippen molar-refractivity contribution in [1.82, 2.24) is 4.90 Å². The number of thiocarbonyl (C=S) groups is 1. The van der Waals surface area contributed by atoms with Gasteiger partial charge in [0.25, 0.3) is 5.91 Å². The van der Waals surface area contributed by atoms with Crippen molar-refractivity contribution < 1.29 is 27.4 Å². The fourth-order valence-electron chi connectivity index (χ4n) is 2.59. The second-order valence-electron chi connectivity index (χ2n) is 7.07. The van der Waals surface area contributed by atoms with E-state index in [0.717, 1.165) is 17.0 Å². The molecule has 0 radical (unpaired) electrons. The topological polar surface area (TPSA) is 64.8 Å². The van der Waals surface area contributed by atoms with Gasteiger partial charge in [-0.15, -0.1) is 6.42 Å². The highest BCUT2D eigenvalue weighted by Crippen LogP contribution is 2.31. The first-order chi connectivity index (χ1) is 14.3. The smallest absolute Gasteiger partial charge is 0.416 e. The number of hydrogen-bond donors (Lipinski definition) is 1. The van der Waals surface area contributed by atoms with Crippen LogP contribution in [-0.2, 0) is 11.0 Å². The SMILES string of the molecule is C#CC(C)(C)N(C(=O)C(C)Oc1ccc(Oc2ccc(C(F)(F)F)cc2)cc1)C(N)=S. The van der Waals surface area contributed by atoms with Crippen LogP contribution in [-0.4, -0.2) is 27.6 Å². The largest absolute Gasteiger partial charge is 0.481 e. The van der Waals surface area contributed by atoms with Gasteiger partial charge in [-0.1, -0.05) is 5.92 Å². The van der Waals surface area contributed by atoms with Crippen molar-refractivity contribution in [2.75, 3.05) is 0 Å². The molecule has 164 valence electrons. The molecule has 0 aliphatic rings. The predicted octanol–water partition coefficient (Wildman–Crippen LogP) is 4.75. The van der Waals surface area contributed by atoms with Gasteiger partial charge in [0.2, 0.25) is 0 Å². The van der Waals surface area contributed by atoms with Crippen LogP contribution in [0, 0.1) is 12.3 Å². The molecule has 2 N–H and O–H groups in total. The Balaban J connectivity index is 2.06. The average molecular weight is 450 g/mol. The number of nitrogens with zero attached hydrogens (tertiary/aromatic N) is 1. The van der Waals surface area contributed by atoms with Crippen LogP contribution in [0.4, 0.5) is 13.2 Å². The van der Waals surface area contributed by atoms with Gasteiger partial charge >= 0.3 is 6.18 Å². The Morgan fingerprint density at radius 1 is 1.06 bits per heavy atom. The Hall–Kier alpha value is -3.25. The summed E-state index contributed by atoms with van der Waals surface area (Å²) in [7, 11) is 0. The molecule has 0 aliphatic heterocycles. The van der Waals surface area contributed by atoms with E-state index in [0.29, 0.717) is 11.5 Å². The van der Waals surface area contributed by atoms with Crippen molar-refractivity contribution >= 4 is 23.2 Å². The van der Waals surface area contributed by atoms with E-state index in [2.05, 4.69) is 5.92 Å². The molecule has 0 aliphatic carbocycles. The van der Waals surface area contributed by atoms with Crippen molar-refractivity contribution in [3.63, 3.8) is 0 Å². The highest BCUT2D eigenvalue weighted by atomic mass is 32.1. The fraction of sp³-hybridized carbons (Fsp3) is 0.273. The Morgan fingerprint density at radius 3 is 1.94 bits per heavy atom. The molecular formula is C22H21F3N2O3S. The van der Waals surface area contributed by atoms with Crippen molar-refractivity contribution in [3.05, 3.63) is 54.1 Å². The Labute approximate surface area is 183 Å². The van der Waals surface area contributed by atoms with Gasteiger partial charge in [0, 0.05) is 0 Å². The standard InChI is InChI=1S/C22H21F3N2O3S/c1-5-21(3,4)27(20(26)31)19(28)14(2)29-16-10-12-18(13-11-16)30-17-8-6-15(7-9-17)22(23,24)25/h1,6-14H,2-4H3,(H2,26,31). The lowest BCUT2D eigenvalue weighted by Crippen LogP contribution is -2.56. The molecule has 2 aromatic carbocycles. The Kier molecular flexibility index (Phi) is 7.18. The third-order valence-electron chi connectivity index (χ3n) is 4.25. The van der Waals surface area contributed by atoms with E-state index in [1.165, 1.54) is 19.1 Å². The number of carbonyl (C=O) groups is 1. The summed E-state index contributed by atoms with van der Waals surface area (Å²) in [5.74, 6) is 2.95. The minimum Gasteiger partial charge on any atom is -0.481 e. The summed E-state index contributed by atoms with van der Waals surface area (Å²) in [6, 6.07) is 10.6. The monoisotopic (exact) mass is 450 g/mol. The van der Waals surface area contributed by atoms with E-state index in [1.54, 1.807) is 38.1 Å². The Morgan fingerprint density at radius 2 is 1.52 bits per heavy atom. The molecule has 0 saturated heterocycles. The van der Waals surface area contributed by atoms with E-state index in [9.17, 15) is 18.0 Å². The maximum Gasteiger partial charge on any atom is 0.416 e. The minimum absolute atomic E-state index is 0.163. The molecule has 0 spiro atoms. The zero-order chi connectivity index (χ0) is 23.4. The van der Waals surface area contributed by atoms with Gasteiger partial charge in [-0.25, -0.2) is 0 Å². The summed E-state index contributed by atoms with van der Waals surface area (Å²) >= 11 is 4.95. The lowest BCUT2D eigenvalue weighted by Gasteiger charge is -2.34. The number of terminal acetylenes is 1. The normalized spacial score (nSPS) is 12.4. The number of amides is 1. The number of carbonyl (C=O) groups excluding carboxylic acids is 1. The van der Waals surface area contributed by atoms with Crippen LogP contribution < -0.4 is 15.2 Å². The number of hydrogen-bond acceptors (Lipinski definition) is 4. The van der Waals surface area contributed by atoms with Crippen LogP contribution in [0.15, 0.2) is 48.5 Å². The predicted molar refractivity (Wildman–Crippen MR) is 115 cm³/mol. The van der Waals surface area contributed by atoms with Gasteiger partial charge in [-0.05, 0) is 81.5 Å². The first-order valence-corrected chi connectivity index (χ1v) is 9.49. The van der Waals surface area contributed by atoms with Gasteiger partial charge in [0.1, 0.15) is 22.8 Å². The van der Waals surface area contributed by atoms with Gasteiger partial charge < -0.3 is 15.2 Å². The zero-order valence-corrected chi connectivity index (χ0v) is 17.9. The van der Waals surface area contributed by atoms with E-state index in [-0.39, 0.29) is 10.9 Å². The second kappa shape index (κ2) is 9.27. The average Bonchev–Trinajstić information content (AvgIpc) is 2.68. The lowest BCUT2D eigenvalue weighted by atomic mass is 10.0. The number of rotatable bonds is 6. The van der Waals surface area contributed by atoms with Crippen LogP contribution in [0.5, 0.6) is 17.2 Å². The Bertz CT molecular complexity index is 981. The molecule has 5 nitrogen and oxygen atoms in total. The zero-order valence-electron chi connectivity index (χ0n) is 17.1. The van der Waals surface area contributed by atoms with Gasteiger partial charge in [-0.2, -0.15) is 13.2 Å². The van der Waals surface area contributed by atoms with Crippen LogP contribution in [0.1, 0.15) is 26.3 Å². The summed E-state index contributed by atoms with van der Waals surface area (Å²) in [6.07, 6.45) is 0.129. The fourth-order valence-corrected chi connectivity index (χ4v) is 2.91. The number of halogens is 3. The van der Waals surface area contributed by atoms with Crippen molar-refractivity contribution in [1.29, 1.82) is 0 Å². The van der Waals surface area contributed by atoms with Gasteiger partial charge in [-0.3, -0.25) is 9.69 Å². The molecule has 0 saturated carbocycles. The molecule has 0 bridgehead atoms. The number of alkyl halides is 3. The van der Waals surface area contributed by atoms with Crippen LogP contribution in [0.3, 0.4) is 0 Å². The minimum atomic E-state index is -4.41. The second-order valence-corrected chi connectivity index (χ2v) is 7.49. The summed E-state index contributed by atoms with van der Waals surface area (Å²) in [5.41, 5.74) is 3.87. The highest BCUT2D eigenvalue weighted by molar-refractivity contribution is 7.80. The molecule has 1 unspecified atom stereocenters. The first-order valence-electron chi connectivity index (χ1n) is 9.08. The molecule has 2 aromatic rings. The molecule has 0 heterocycles. The van der Waals surface area contributed by atoms with Crippen LogP contribution >= 0.6 is 12.2 Å². The summed E-state index contributed by atoms with van der Waals surface area (Å²) in [4.78, 5) is 13.9. The number of ether oxygens (including phenoxy) is 2.